The van der Waals surface area contributed by atoms with Crippen LogP contribution in [0.1, 0.15) is 30.0 Å². The third-order valence-corrected chi connectivity index (χ3v) is 4.97. The Morgan fingerprint density at radius 2 is 1.86 bits per heavy atom. The second-order valence-corrected chi connectivity index (χ2v) is 6.55. The van der Waals surface area contributed by atoms with Gasteiger partial charge in [-0.25, -0.2) is 0 Å². The highest BCUT2D eigenvalue weighted by Gasteiger charge is 2.51. The lowest BCUT2D eigenvalue weighted by Crippen LogP contribution is -2.30. The first-order valence-corrected chi connectivity index (χ1v) is 8.07. The number of methoxy groups -OCH3 is 1. The molecule has 1 fully saturated rings. The van der Waals surface area contributed by atoms with Crippen LogP contribution in [0.15, 0.2) is 53.0 Å². The molecule has 3 rings (SSSR count). The van der Waals surface area contributed by atoms with Crippen LogP contribution in [0.2, 0.25) is 0 Å². The molecule has 3 heteroatoms. The number of nitrogens with one attached hydrogen (secondary N) is 1. The molecule has 1 N–H and O–H groups in total. The molecule has 2 nitrogen and oxygen atoms in total. The van der Waals surface area contributed by atoms with E-state index in [9.17, 15) is 0 Å². The van der Waals surface area contributed by atoms with E-state index in [1.54, 1.807) is 7.11 Å². The summed E-state index contributed by atoms with van der Waals surface area (Å²) >= 11 is 3.58. The summed E-state index contributed by atoms with van der Waals surface area (Å²) in [5, 5.41) is 3.52. The SMILES string of the molecule is CNC(c1cc(Br)ccc1OC)C1(c2ccccc2)CC1. The van der Waals surface area contributed by atoms with E-state index >= 15 is 0 Å². The van der Waals surface area contributed by atoms with Crippen LogP contribution >= 0.6 is 15.9 Å². The van der Waals surface area contributed by atoms with Crippen LogP contribution in [0.25, 0.3) is 0 Å². The average molecular weight is 346 g/mol. The second-order valence-electron chi connectivity index (χ2n) is 5.63. The van der Waals surface area contributed by atoms with Crippen molar-refractivity contribution in [3.05, 3.63) is 64.1 Å². The van der Waals surface area contributed by atoms with Gasteiger partial charge in [0, 0.05) is 21.5 Å². The first-order valence-electron chi connectivity index (χ1n) is 7.27. The largest absolute Gasteiger partial charge is 0.496 e. The van der Waals surface area contributed by atoms with Crippen molar-refractivity contribution >= 4 is 15.9 Å². The van der Waals surface area contributed by atoms with Crippen molar-refractivity contribution in [2.45, 2.75) is 24.3 Å². The van der Waals surface area contributed by atoms with Crippen LogP contribution in [-0.2, 0) is 5.41 Å². The van der Waals surface area contributed by atoms with E-state index in [0.29, 0.717) is 0 Å². The van der Waals surface area contributed by atoms with Gasteiger partial charge < -0.3 is 10.1 Å². The van der Waals surface area contributed by atoms with Crippen LogP contribution in [0.3, 0.4) is 0 Å². The Balaban J connectivity index is 2.05. The third kappa shape index (κ3) is 2.60. The van der Waals surface area contributed by atoms with Gasteiger partial charge in [-0.05, 0) is 43.7 Å². The summed E-state index contributed by atoms with van der Waals surface area (Å²) in [6, 6.07) is 17.3. The first kappa shape index (κ1) is 14.6. The van der Waals surface area contributed by atoms with Gasteiger partial charge >= 0.3 is 0 Å². The van der Waals surface area contributed by atoms with Crippen LogP contribution in [0.5, 0.6) is 5.75 Å². The van der Waals surface area contributed by atoms with Gasteiger partial charge in [0.25, 0.3) is 0 Å². The van der Waals surface area contributed by atoms with Gasteiger partial charge in [-0.2, -0.15) is 0 Å². The summed E-state index contributed by atoms with van der Waals surface area (Å²) in [6.45, 7) is 0. The zero-order chi connectivity index (χ0) is 14.9. The molecule has 1 aliphatic carbocycles. The van der Waals surface area contributed by atoms with Crippen molar-refractivity contribution in [3.63, 3.8) is 0 Å². The molecule has 1 saturated carbocycles. The van der Waals surface area contributed by atoms with Gasteiger partial charge in [0.2, 0.25) is 0 Å². The van der Waals surface area contributed by atoms with Gasteiger partial charge in [0.05, 0.1) is 7.11 Å². The highest BCUT2D eigenvalue weighted by atomic mass is 79.9. The molecule has 0 bridgehead atoms. The molecule has 0 heterocycles. The van der Waals surface area contributed by atoms with Gasteiger partial charge in [-0.1, -0.05) is 46.3 Å². The van der Waals surface area contributed by atoms with Crippen molar-refractivity contribution < 1.29 is 4.74 Å². The van der Waals surface area contributed by atoms with Crippen LogP contribution < -0.4 is 10.1 Å². The Bertz CT molecular complexity index is 622. The molecular formula is C18H20BrNO. The Labute approximate surface area is 134 Å². The molecule has 21 heavy (non-hydrogen) atoms. The number of hydrogen-bond acceptors (Lipinski definition) is 2. The fourth-order valence-corrected chi connectivity index (χ4v) is 3.69. The van der Waals surface area contributed by atoms with Gasteiger partial charge in [-0.3, -0.25) is 0 Å². The molecule has 110 valence electrons. The summed E-state index contributed by atoms with van der Waals surface area (Å²) in [5.41, 5.74) is 2.81. The predicted molar refractivity (Wildman–Crippen MR) is 89.8 cm³/mol. The molecule has 1 atom stereocenters. The maximum absolute atomic E-state index is 5.58. The molecule has 1 aliphatic rings. The minimum absolute atomic E-state index is 0.185. The molecule has 2 aromatic carbocycles. The molecule has 0 spiro atoms. The fraction of sp³-hybridized carbons (Fsp3) is 0.333. The molecule has 2 aromatic rings. The number of rotatable bonds is 5. The minimum atomic E-state index is 0.185. The standard InChI is InChI=1S/C18H20BrNO/c1-20-17(15-12-14(19)8-9-16(15)21-2)18(10-11-18)13-6-4-3-5-7-13/h3-9,12,17,20H,10-11H2,1-2H3. The highest BCUT2D eigenvalue weighted by Crippen LogP contribution is 2.57. The number of ether oxygens (including phenoxy) is 1. The maximum Gasteiger partial charge on any atom is 0.123 e. The summed E-state index contributed by atoms with van der Waals surface area (Å²) in [4.78, 5) is 0. The second kappa shape index (κ2) is 5.82. The van der Waals surface area contributed by atoms with E-state index in [1.807, 2.05) is 19.2 Å². The van der Waals surface area contributed by atoms with E-state index in [4.69, 9.17) is 4.74 Å². The molecule has 1 unspecified atom stereocenters. The van der Waals surface area contributed by atoms with Crippen LogP contribution in [-0.4, -0.2) is 14.2 Å². The van der Waals surface area contributed by atoms with Crippen LogP contribution in [0, 0.1) is 0 Å². The summed E-state index contributed by atoms with van der Waals surface area (Å²) in [6.07, 6.45) is 2.41. The maximum atomic E-state index is 5.58. The minimum Gasteiger partial charge on any atom is -0.496 e. The molecule has 0 saturated heterocycles. The molecule has 0 aliphatic heterocycles. The zero-order valence-electron chi connectivity index (χ0n) is 12.4. The lowest BCUT2D eigenvalue weighted by molar-refractivity contribution is 0.386. The quantitative estimate of drug-likeness (QED) is 0.864. The third-order valence-electron chi connectivity index (χ3n) is 4.48. The van der Waals surface area contributed by atoms with Crippen molar-refractivity contribution in [2.24, 2.45) is 0 Å². The van der Waals surface area contributed by atoms with E-state index in [2.05, 4.69) is 57.6 Å². The monoisotopic (exact) mass is 345 g/mol. The highest BCUT2D eigenvalue weighted by molar-refractivity contribution is 9.10. The Kier molecular flexibility index (Phi) is 4.05. The summed E-state index contributed by atoms with van der Waals surface area (Å²) in [7, 11) is 3.77. The zero-order valence-corrected chi connectivity index (χ0v) is 14.0. The predicted octanol–water partition coefficient (Wildman–Crippen LogP) is 4.45. The molecule has 0 radical (unpaired) electrons. The first-order chi connectivity index (χ1) is 10.2. The molecule has 0 aromatic heterocycles. The smallest absolute Gasteiger partial charge is 0.123 e. The summed E-state index contributed by atoms with van der Waals surface area (Å²) < 4.78 is 6.67. The normalized spacial score (nSPS) is 17.3. The van der Waals surface area contributed by atoms with E-state index in [-0.39, 0.29) is 11.5 Å². The van der Waals surface area contributed by atoms with Crippen molar-refractivity contribution in [1.82, 2.24) is 5.32 Å². The Hall–Kier alpha value is -1.32. The number of likely N-dealkylation sites (N-methyl/N-ethyl adjacent to an activating group) is 1. The average Bonchev–Trinajstić information content (AvgIpc) is 3.31. The van der Waals surface area contributed by atoms with Crippen LogP contribution in [0.4, 0.5) is 0 Å². The van der Waals surface area contributed by atoms with E-state index < -0.39 is 0 Å². The van der Waals surface area contributed by atoms with Gasteiger partial charge in [0.1, 0.15) is 5.75 Å². The van der Waals surface area contributed by atoms with Crippen molar-refractivity contribution in [3.8, 4) is 5.75 Å². The van der Waals surface area contributed by atoms with Gasteiger partial charge in [0.15, 0.2) is 0 Å². The van der Waals surface area contributed by atoms with Gasteiger partial charge in [-0.15, -0.1) is 0 Å². The van der Waals surface area contributed by atoms with Crippen molar-refractivity contribution in [2.75, 3.05) is 14.2 Å². The Morgan fingerprint density at radius 1 is 1.14 bits per heavy atom. The number of benzene rings is 2. The lowest BCUT2D eigenvalue weighted by atomic mass is 9.83. The number of halogens is 1. The van der Waals surface area contributed by atoms with Crippen molar-refractivity contribution in [1.29, 1.82) is 0 Å². The van der Waals surface area contributed by atoms with E-state index in [1.165, 1.54) is 24.0 Å². The lowest BCUT2D eigenvalue weighted by Gasteiger charge is -2.29. The summed E-state index contributed by atoms with van der Waals surface area (Å²) in [5.74, 6) is 0.944. The number of hydrogen-bond donors (Lipinski definition) is 1. The molecule has 0 amide bonds. The fourth-order valence-electron chi connectivity index (χ4n) is 3.31. The topological polar surface area (TPSA) is 21.3 Å². The molecular weight excluding hydrogens is 326 g/mol. The Morgan fingerprint density at radius 3 is 2.43 bits per heavy atom. The van der Waals surface area contributed by atoms with E-state index in [0.717, 1.165) is 10.2 Å².